The maximum Gasteiger partial charge on any atom is 0.252 e. The summed E-state index contributed by atoms with van der Waals surface area (Å²) in [7, 11) is -3.55. The average Bonchev–Trinajstić information content (AvgIpc) is 2.45. The normalized spacial score (nSPS) is 11.3. The summed E-state index contributed by atoms with van der Waals surface area (Å²) in [5.74, 6) is 0. The summed E-state index contributed by atoms with van der Waals surface area (Å²) < 4.78 is 24.1. The number of hydrogen-bond donors (Lipinski definition) is 1. The molecule has 0 aliphatic heterocycles. The molecule has 0 spiro atoms. The van der Waals surface area contributed by atoms with Crippen LogP contribution in [0.15, 0.2) is 41.3 Å². The number of carbonyl (C=O) groups is 1. The molecule has 0 fully saturated rings. The highest BCUT2D eigenvalue weighted by molar-refractivity contribution is 7.90. The Morgan fingerprint density at radius 3 is 2.43 bits per heavy atom. The highest BCUT2D eigenvalue weighted by Crippen LogP contribution is 2.30. The first-order valence-corrected chi connectivity index (χ1v) is 9.46. The number of hydrogen-bond acceptors (Lipinski definition) is 4. The number of anilines is 2. The molecule has 1 N–H and O–H groups in total. The molecule has 0 aromatic heterocycles. The molecule has 0 saturated heterocycles. The zero-order valence-corrected chi connectivity index (χ0v) is 14.9. The van der Waals surface area contributed by atoms with Crippen LogP contribution in [0.25, 0.3) is 0 Å². The molecule has 0 atom stereocenters. The van der Waals surface area contributed by atoms with E-state index in [1.165, 1.54) is 6.07 Å². The smallest absolute Gasteiger partial charge is 0.252 e. The quantitative estimate of drug-likeness (QED) is 0.789. The van der Waals surface area contributed by atoms with Gasteiger partial charge in [-0.05, 0) is 53.9 Å². The molecular formula is C16H15Cl2NO3S. The van der Waals surface area contributed by atoms with Crippen molar-refractivity contribution in [2.75, 3.05) is 11.6 Å². The number of benzene rings is 2. The van der Waals surface area contributed by atoms with E-state index >= 15 is 0 Å². The van der Waals surface area contributed by atoms with Gasteiger partial charge in [0.2, 0.25) is 0 Å². The molecule has 23 heavy (non-hydrogen) atoms. The van der Waals surface area contributed by atoms with Gasteiger partial charge in [0.1, 0.15) is 0 Å². The van der Waals surface area contributed by atoms with Crippen molar-refractivity contribution in [2.45, 2.75) is 18.2 Å². The lowest BCUT2D eigenvalue weighted by Gasteiger charge is -2.15. The number of halogens is 2. The van der Waals surface area contributed by atoms with Crippen LogP contribution in [0.4, 0.5) is 11.4 Å². The van der Waals surface area contributed by atoms with Crippen molar-refractivity contribution in [3.63, 3.8) is 0 Å². The summed E-state index contributed by atoms with van der Waals surface area (Å²) in [6.07, 6.45) is 1.63. The summed E-state index contributed by atoms with van der Waals surface area (Å²) in [5.41, 5.74) is 1.90. The van der Waals surface area contributed by atoms with E-state index in [2.05, 4.69) is 5.32 Å². The van der Waals surface area contributed by atoms with Crippen LogP contribution in [-0.4, -0.2) is 19.9 Å². The highest BCUT2D eigenvalue weighted by Gasteiger charge is 2.19. The monoisotopic (exact) mass is 371 g/mol. The van der Waals surface area contributed by atoms with E-state index in [9.17, 15) is 13.2 Å². The highest BCUT2D eigenvalue weighted by atomic mass is 35.5. The summed E-state index contributed by atoms with van der Waals surface area (Å²) >= 11 is 11.5. The Morgan fingerprint density at radius 1 is 1.22 bits per heavy atom. The molecular weight excluding hydrogens is 357 g/mol. The van der Waals surface area contributed by atoms with E-state index in [-0.39, 0.29) is 10.5 Å². The van der Waals surface area contributed by atoms with Gasteiger partial charge in [-0.3, -0.25) is 4.79 Å². The van der Waals surface area contributed by atoms with Crippen LogP contribution in [-0.2, 0) is 16.3 Å². The van der Waals surface area contributed by atoms with Crippen molar-refractivity contribution in [1.82, 2.24) is 0 Å². The van der Waals surface area contributed by atoms with Gasteiger partial charge in [0.05, 0.1) is 10.6 Å². The minimum absolute atomic E-state index is 0.0127. The van der Waals surface area contributed by atoms with E-state index in [0.717, 1.165) is 6.26 Å². The average molecular weight is 372 g/mol. The molecule has 7 heteroatoms. The molecule has 2 aromatic carbocycles. The van der Waals surface area contributed by atoms with E-state index in [1.54, 1.807) is 30.3 Å². The molecule has 0 unspecified atom stereocenters. The second kappa shape index (κ2) is 6.91. The van der Waals surface area contributed by atoms with Gasteiger partial charge in [0, 0.05) is 22.5 Å². The third-order valence-electron chi connectivity index (χ3n) is 3.30. The maximum atomic E-state index is 12.1. The standard InChI is InChI=1S/C16H15Cl2NO3S/c1-3-10-7-14(19-12-6-4-5-11(17)8-12)15(23(2,21)22)9-13(10)16(18)20/h4-9,19H,3H2,1-2H3. The van der Waals surface area contributed by atoms with Crippen molar-refractivity contribution in [2.24, 2.45) is 0 Å². The number of carbonyl (C=O) groups excluding carboxylic acids is 1. The molecule has 2 rings (SSSR count). The van der Waals surface area contributed by atoms with Gasteiger partial charge in [-0.1, -0.05) is 24.6 Å². The van der Waals surface area contributed by atoms with Gasteiger partial charge in [0.15, 0.2) is 9.84 Å². The SMILES string of the molecule is CCc1cc(Nc2cccc(Cl)c2)c(S(C)(=O)=O)cc1C(=O)Cl. The first-order valence-electron chi connectivity index (χ1n) is 6.81. The van der Waals surface area contributed by atoms with Crippen molar-refractivity contribution < 1.29 is 13.2 Å². The number of rotatable bonds is 5. The summed E-state index contributed by atoms with van der Waals surface area (Å²) in [6.45, 7) is 1.86. The zero-order valence-electron chi connectivity index (χ0n) is 12.6. The van der Waals surface area contributed by atoms with Gasteiger partial charge in [0.25, 0.3) is 5.24 Å². The van der Waals surface area contributed by atoms with Gasteiger partial charge < -0.3 is 5.32 Å². The Balaban J connectivity index is 2.63. The molecule has 0 aliphatic carbocycles. The molecule has 0 radical (unpaired) electrons. The molecule has 2 aromatic rings. The van der Waals surface area contributed by atoms with Gasteiger partial charge in [-0.2, -0.15) is 0 Å². The number of aryl methyl sites for hydroxylation is 1. The minimum Gasteiger partial charge on any atom is -0.354 e. The van der Waals surface area contributed by atoms with Gasteiger partial charge in [-0.25, -0.2) is 8.42 Å². The summed E-state index contributed by atoms with van der Waals surface area (Å²) in [6, 6.07) is 9.87. The molecule has 0 saturated carbocycles. The predicted octanol–water partition coefficient (Wildman–Crippen LogP) is 4.43. The summed E-state index contributed by atoms with van der Waals surface area (Å²) in [5, 5.41) is 2.89. The van der Waals surface area contributed by atoms with Gasteiger partial charge in [-0.15, -0.1) is 0 Å². The predicted molar refractivity (Wildman–Crippen MR) is 93.8 cm³/mol. The van der Waals surface area contributed by atoms with E-state index < -0.39 is 15.1 Å². The number of sulfone groups is 1. The van der Waals surface area contributed by atoms with Crippen LogP contribution in [0.3, 0.4) is 0 Å². The zero-order chi connectivity index (χ0) is 17.2. The van der Waals surface area contributed by atoms with Crippen LogP contribution in [0, 0.1) is 0 Å². The third-order valence-corrected chi connectivity index (χ3v) is 4.88. The fourth-order valence-electron chi connectivity index (χ4n) is 2.23. The van der Waals surface area contributed by atoms with E-state index in [1.807, 2.05) is 6.92 Å². The Hall–Kier alpha value is -1.56. The Morgan fingerprint density at radius 2 is 1.91 bits per heavy atom. The first-order chi connectivity index (χ1) is 10.7. The first kappa shape index (κ1) is 17.8. The molecule has 0 amide bonds. The van der Waals surface area contributed by atoms with Crippen LogP contribution in [0.2, 0.25) is 5.02 Å². The van der Waals surface area contributed by atoms with Crippen molar-refractivity contribution in [1.29, 1.82) is 0 Å². The molecule has 0 heterocycles. The lowest BCUT2D eigenvalue weighted by molar-refractivity contribution is 0.108. The van der Waals surface area contributed by atoms with Crippen LogP contribution < -0.4 is 5.32 Å². The maximum absolute atomic E-state index is 12.1. The fraction of sp³-hybridized carbons (Fsp3) is 0.188. The van der Waals surface area contributed by atoms with E-state index in [0.29, 0.717) is 28.4 Å². The van der Waals surface area contributed by atoms with Crippen LogP contribution in [0.5, 0.6) is 0 Å². The lowest BCUT2D eigenvalue weighted by atomic mass is 10.0. The molecule has 4 nitrogen and oxygen atoms in total. The van der Waals surface area contributed by atoms with Crippen molar-refractivity contribution in [3.05, 3.63) is 52.5 Å². The fourth-order valence-corrected chi connectivity index (χ4v) is 3.43. The van der Waals surface area contributed by atoms with Crippen molar-refractivity contribution in [3.8, 4) is 0 Å². The Labute approximate surface area is 145 Å². The molecule has 122 valence electrons. The van der Waals surface area contributed by atoms with Gasteiger partial charge >= 0.3 is 0 Å². The van der Waals surface area contributed by atoms with E-state index in [4.69, 9.17) is 23.2 Å². The number of nitrogens with one attached hydrogen (secondary N) is 1. The second-order valence-electron chi connectivity index (χ2n) is 5.04. The Bertz CT molecular complexity index is 864. The molecule has 0 aliphatic rings. The third kappa shape index (κ3) is 4.25. The topological polar surface area (TPSA) is 63.2 Å². The minimum atomic E-state index is -3.55. The largest absolute Gasteiger partial charge is 0.354 e. The molecule has 0 bridgehead atoms. The van der Waals surface area contributed by atoms with Crippen LogP contribution >= 0.6 is 23.2 Å². The second-order valence-corrected chi connectivity index (χ2v) is 7.80. The summed E-state index contributed by atoms with van der Waals surface area (Å²) in [4.78, 5) is 11.6. The van der Waals surface area contributed by atoms with Crippen molar-refractivity contribution >= 4 is 49.7 Å². The Kier molecular flexibility index (Phi) is 5.34. The van der Waals surface area contributed by atoms with Crippen LogP contribution in [0.1, 0.15) is 22.8 Å². The lowest BCUT2D eigenvalue weighted by Crippen LogP contribution is -2.07.